The highest BCUT2D eigenvalue weighted by molar-refractivity contribution is 5.96. The van der Waals surface area contributed by atoms with Crippen molar-refractivity contribution in [1.29, 1.82) is 0 Å². The van der Waals surface area contributed by atoms with Gasteiger partial charge in [-0.15, -0.1) is 0 Å². The predicted octanol–water partition coefficient (Wildman–Crippen LogP) is 4.19. The third-order valence-electron chi connectivity index (χ3n) is 6.69. The lowest BCUT2D eigenvalue weighted by molar-refractivity contribution is 0.0536. The number of amides is 1. The molecule has 1 fully saturated rings. The zero-order valence-electron chi connectivity index (χ0n) is 21.0. The summed E-state index contributed by atoms with van der Waals surface area (Å²) in [4.78, 5) is 39.5. The van der Waals surface area contributed by atoms with Crippen LogP contribution in [0.5, 0.6) is 0 Å². The van der Waals surface area contributed by atoms with Gasteiger partial charge in [-0.1, -0.05) is 37.6 Å². The average molecular weight is 499 g/mol. The Morgan fingerprint density at radius 2 is 1.92 bits per heavy atom. The van der Waals surface area contributed by atoms with E-state index in [1.165, 1.54) is 43.5 Å². The van der Waals surface area contributed by atoms with E-state index in [1.807, 2.05) is 36.4 Å². The van der Waals surface area contributed by atoms with Crippen LogP contribution in [0.25, 0.3) is 16.7 Å². The number of piperidine rings is 1. The molecule has 3 heterocycles. The van der Waals surface area contributed by atoms with Crippen LogP contribution in [0.4, 0.5) is 11.6 Å². The zero-order valence-corrected chi connectivity index (χ0v) is 21.0. The van der Waals surface area contributed by atoms with Crippen molar-refractivity contribution in [3.05, 3.63) is 87.8 Å². The van der Waals surface area contributed by atoms with E-state index in [-0.39, 0.29) is 10.9 Å². The van der Waals surface area contributed by atoms with Gasteiger partial charge in [-0.25, -0.2) is 10.5 Å². The smallest absolute Gasteiger partial charge is 0.280 e. The standard InChI is InChI=1S/C28H30N6O3/c1-3-18-7-13-21(14-8-18)34-17-23(27(36)33-37-2)25(35)22-16-30-28(32-26(22)34)31-20-11-9-19(10-12-20)24-6-4-5-15-29-24/h7-14,16-17,24,29H,3-6,15H2,1-2H3,(H,33,36)(H,30,31,32). The summed E-state index contributed by atoms with van der Waals surface area (Å²) in [5.74, 6) is -0.286. The Balaban J connectivity index is 1.53. The minimum absolute atomic E-state index is 0.0647. The molecule has 0 saturated carbocycles. The summed E-state index contributed by atoms with van der Waals surface area (Å²) in [6, 6.07) is 16.5. The third-order valence-corrected chi connectivity index (χ3v) is 6.69. The maximum Gasteiger partial charge on any atom is 0.280 e. The highest BCUT2D eigenvalue weighted by Gasteiger charge is 2.19. The molecule has 1 aliphatic heterocycles. The van der Waals surface area contributed by atoms with Crippen LogP contribution in [0.1, 0.15) is 53.7 Å². The maximum atomic E-state index is 13.2. The highest BCUT2D eigenvalue weighted by atomic mass is 16.6. The lowest BCUT2D eigenvalue weighted by Gasteiger charge is -2.24. The number of hydroxylamine groups is 1. The number of hydrogen-bond donors (Lipinski definition) is 3. The number of nitrogens with zero attached hydrogens (tertiary/aromatic N) is 3. The first kappa shape index (κ1) is 24.6. The van der Waals surface area contributed by atoms with Gasteiger partial charge in [-0.2, -0.15) is 4.98 Å². The van der Waals surface area contributed by atoms with Gasteiger partial charge in [0, 0.05) is 29.8 Å². The SMILES string of the molecule is CCc1ccc(-n2cc(C(=O)NOC)c(=O)c3cnc(Nc4ccc(C5CCCCN5)cc4)nc32)cc1. The summed E-state index contributed by atoms with van der Waals surface area (Å²) in [5.41, 5.74) is 6.13. The molecular formula is C28H30N6O3. The summed E-state index contributed by atoms with van der Waals surface area (Å²) in [7, 11) is 1.32. The van der Waals surface area contributed by atoms with Gasteiger partial charge in [0.1, 0.15) is 5.56 Å². The van der Waals surface area contributed by atoms with Crippen molar-refractivity contribution < 1.29 is 9.63 Å². The van der Waals surface area contributed by atoms with Crippen LogP contribution in [0.15, 0.2) is 65.7 Å². The monoisotopic (exact) mass is 498 g/mol. The van der Waals surface area contributed by atoms with Crippen LogP contribution in [0, 0.1) is 0 Å². The molecular weight excluding hydrogens is 468 g/mol. The van der Waals surface area contributed by atoms with E-state index in [0.29, 0.717) is 17.6 Å². The van der Waals surface area contributed by atoms with Crippen LogP contribution in [-0.4, -0.2) is 34.1 Å². The third kappa shape index (κ3) is 5.23. The van der Waals surface area contributed by atoms with Crippen molar-refractivity contribution in [3.63, 3.8) is 0 Å². The van der Waals surface area contributed by atoms with E-state index < -0.39 is 11.3 Å². The Hall–Kier alpha value is -4.08. The van der Waals surface area contributed by atoms with Crippen LogP contribution >= 0.6 is 0 Å². The van der Waals surface area contributed by atoms with E-state index in [4.69, 9.17) is 4.84 Å². The van der Waals surface area contributed by atoms with E-state index in [9.17, 15) is 9.59 Å². The van der Waals surface area contributed by atoms with Gasteiger partial charge in [-0.05, 0) is 61.2 Å². The van der Waals surface area contributed by atoms with Crippen LogP contribution in [-0.2, 0) is 11.3 Å². The van der Waals surface area contributed by atoms with Gasteiger partial charge in [0.05, 0.1) is 12.5 Å². The number of benzene rings is 2. The number of carbonyl (C=O) groups is 1. The number of carbonyl (C=O) groups excluding carboxylic acids is 1. The Bertz CT molecular complexity index is 1460. The van der Waals surface area contributed by atoms with Gasteiger partial charge < -0.3 is 15.2 Å². The molecule has 0 spiro atoms. The molecule has 2 aromatic heterocycles. The first-order valence-electron chi connectivity index (χ1n) is 12.5. The van der Waals surface area contributed by atoms with Gasteiger partial charge in [0.15, 0.2) is 5.65 Å². The minimum Gasteiger partial charge on any atom is -0.324 e. The van der Waals surface area contributed by atoms with Crippen molar-refractivity contribution in [2.75, 3.05) is 19.0 Å². The molecule has 190 valence electrons. The largest absolute Gasteiger partial charge is 0.324 e. The second-order valence-electron chi connectivity index (χ2n) is 9.08. The molecule has 1 unspecified atom stereocenters. The lowest BCUT2D eigenvalue weighted by atomic mass is 9.97. The molecule has 9 heteroatoms. The summed E-state index contributed by atoms with van der Waals surface area (Å²) < 4.78 is 1.73. The number of pyridine rings is 1. The molecule has 9 nitrogen and oxygen atoms in total. The zero-order chi connectivity index (χ0) is 25.8. The number of nitrogens with one attached hydrogen (secondary N) is 3. The van der Waals surface area contributed by atoms with Crippen LogP contribution in [0.2, 0.25) is 0 Å². The van der Waals surface area contributed by atoms with E-state index in [0.717, 1.165) is 30.8 Å². The summed E-state index contributed by atoms with van der Waals surface area (Å²) in [6.45, 7) is 3.13. The fraction of sp³-hybridized carbons (Fsp3) is 0.286. The number of fused-ring (bicyclic) bond motifs is 1. The second-order valence-corrected chi connectivity index (χ2v) is 9.08. The summed E-state index contributed by atoms with van der Waals surface area (Å²) >= 11 is 0. The predicted molar refractivity (Wildman–Crippen MR) is 143 cm³/mol. The Morgan fingerprint density at radius 3 is 2.59 bits per heavy atom. The van der Waals surface area contributed by atoms with E-state index >= 15 is 0 Å². The normalized spacial score (nSPS) is 15.5. The number of rotatable bonds is 7. The molecule has 2 aromatic carbocycles. The van der Waals surface area contributed by atoms with Gasteiger partial charge in [0.25, 0.3) is 5.91 Å². The molecule has 0 aliphatic carbocycles. The molecule has 1 aliphatic rings. The van der Waals surface area contributed by atoms with E-state index in [1.54, 1.807) is 4.57 Å². The molecule has 4 aromatic rings. The number of aryl methyl sites for hydroxylation is 1. The Labute approximate surface area is 214 Å². The number of hydrogen-bond acceptors (Lipinski definition) is 7. The van der Waals surface area contributed by atoms with E-state index in [2.05, 4.69) is 45.1 Å². The molecule has 1 atom stereocenters. The second kappa shape index (κ2) is 10.9. The van der Waals surface area contributed by atoms with Crippen molar-refractivity contribution in [2.45, 2.75) is 38.6 Å². The molecule has 1 amide bonds. The Kier molecular flexibility index (Phi) is 7.25. The molecule has 0 radical (unpaired) electrons. The van der Waals surface area contributed by atoms with Crippen LogP contribution in [0.3, 0.4) is 0 Å². The van der Waals surface area contributed by atoms with Gasteiger partial charge in [0.2, 0.25) is 11.4 Å². The van der Waals surface area contributed by atoms with Crippen molar-refractivity contribution in [2.24, 2.45) is 0 Å². The molecule has 3 N–H and O–H groups in total. The van der Waals surface area contributed by atoms with Crippen molar-refractivity contribution in [3.8, 4) is 5.69 Å². The minimum atomic E-state index is -0.636. The van der Waals surface area contributed by atoms with Gasteiger partial charge >= 0.3 is 0 Å². The number of aromatic nitrogens is 3. The lowest BCUT2D eigenvalue weighted by Crippen LogP contribution is -2.29. The maximum absolute atomic E-state index is 13.2. The van der Waals surface area contributed by atoms with Gasteiger partial charge in [-0.3, -0.25) is 14.4 Å². The topological polar surface area (TPSA) is 110 Å². The average Bonchev–Trinajstić information content (AvgIpc) is 2.94. The van der Waals surface area contributed by atoms with Crippen molar-refractivity contribution in [1.82, 2.24) is 25.3 Å². The Morgan fingerprint density at radius 1 is 1.14 bits per heavy atom. The van der Waals surface area contributed by atoms with Crippen molar-refractivity contribution >= 4 is 28.6 Å². The summed E-state index contributed by atoms with van der Waals surface area (Å²) in [5, 5.41) is 7.04. The molecule has 5 rings (SSSR count). The molecule has 1 saturated heterocycles. The fourth-order valence-electron chi connectivity index (χ4n) is 4.63. The molecule has 37 heavy (non-hydrogen) atoms. The van der Waals surface area contributed by atoms with Crippen LogP contribution < -0.4 is 21.5 Å². The fourth-order valence-corrected chi connectivity index (χ4v) is 4.63. The first-order chi connectivity index (χ1) is 18.1. The quantitative estimate of drug-likeness (QED) is 0.328. The molecule has 0 bridgehead atoms. The highest BCUT2D eigenvalue weighted by Crippen LogP contribution is 2.25. The number of anilines is 2. The first-order valence-corrected chi connectivity index (χ1v) is 12.5. The summed E-state index contributed by atoms with van der Waals surface area (Å²) in [6.07, 6.45) is 7.44.